The van der Waals surface area contributed by atoms with Gasteiger partial charge in [0, 0.05) is 40.8 Å². The molecule has 0 saturated heterocycles. The molecule has 0 aliphatic heterocycles. The van der Waals surface area contributed by atoms with Crippen LogP contribution in [0.1, 0.15) is 144 Å². The van der Waals surface area contributed by atoms with Crippen LogP contribution in [0.15, 0.2) is 0 Å². The van der Waals surface area contributed by atoms with E-state index >= 15 is 0 Å². The van der Waals surface area contributed by atoms with Crippen molar-refractivity contribution in [3.05, 3.63) is 0 Å². The molecule has 5 heteroatoms. The number of hydrogen-bond donors (Lipinski definition) is 0. The fourth-order valence-electron chi connectivity index (χ4n) is 4.96. The second-order valence-corrected chi connectivity index (χ2v) is 13.9. The minimum Gasteiger partial charge on any atom is -0.398 e. The van der Waals surface area contributed by atoms with Crippen LogP contribution in [0.2, 0.25) is 12.1 Å². The van der Waals surface area contributed by atoms with Gasteiger partial charge >= 0.3 is 8.56 Å². The van der Waals surface area contributed by atoms with E-state index in [4.69, 9.17) is 18.3 Å². The van der Waals surface area contributed by atoms with E-state index in [1.54, 1.807) is 14.2 Å². The molecule has 0 aromatic carbocycles. The molecule has 0 N–H and O–H groups in total. The Kier molecular flexibility index (Phi) is 27.3. The lowest BCUT2D eigenvalue weighted by Crippen LogP contribution is -2.42. The zero-order valence-electron chi connectivity index (χ0n) is 25.6. The van der Waals surface area contributed by atoms with Gasteiger partial charge in [-0.3, -0.25) is 0 Å². The van der Waals surface area contributed by atoms with E-state index in [1.807, 2.05) is 14.2 Å². The van der Waals surface area contributed by atoms with Crippen molar-refractivity contribution in [2.75, 3.05) is 28.4 Å². The van der Waals surface area contributed by atoms with Crippen LogP contribution in [0.3, 0.4) is 0 Å². The van der Waals surface area contributed by atoms with Gasteiger partial charge in [0.05, 0.1) is 0 Å². The first kappa shape index (κ1) is 37.2. The summed E-state index contributed by atoms with van der Waals surface area (Å²) < 4.78 is 23.1. The lowest BCUT2D eigenvalue weighted by molar-refractivity contribution is -0.247. The van der Waals surface area contributed by atoms with Gasteiger partial charge in [-0.2, -0.15) is 0 Å². The van der Waals surface area contributed by atoms with Crippen LogP contribution in [0.5, 0.6) is 0 Å². The molecule has 1 unspecified atom stereocenters. The minimum atomic E-state index is -1.79. The van der Waals surface area contributed by atoms with Crippen LogP contribution in [-0.4, -0.2) is 42.8 Å². The molecule has 0 fully saturated rings. The molecular formula is C30H66O4Si. The van der Waals surface area contributed by atoms with Crippen LogP contribution >= 0.6 is 0 Å². The van der Waals surface area contributed by atoms with Crippen molar-refractivity contribution in [1.82, 2.24) is 0 Å². The van der Waals surface area contributed by atoms with Gasteiger partial charge in [0.1, 0.15) is 0 Å². The van der Waals surface area contributed by atoms with Crippen molar-refractivity contribution in [2.24, 2.45) is 5.92 Å². The molecule has 0 aliphatic rings. The molecule has 0 saturated carbocycles. The molecule has 0 amide bonds. The molecule has 0 aromatic rings. The maximum Gasteiger partial charge on any atom is 0.337 e. The Hall–Kier alpha value is 0.0569. The lowest BCUT2D eigenvalue weighted by atomic mass is 9.84. The van der Waals surface area contributed by atoms with E-state index in [-0.39, 0.29) is 5.79 Å². The number of methoxy groups -OCH3 is 2. The molecule has 0 bridgehead atoms. The first-order valence-corrected chi connectivity index (χ1v) is 17.4. The van der Waals surface area contributed by atoms with E-state index in [2.05, 4.69) is 34.6 Å². The summed E-state index contributed by atoms with van der Waals surface area (Å²) in [5, 5.41) is 0. The molecule has 0 heterocycles. The molecule has 4 nitrogen and oxygen atoms in total. The van der Waals surface area contributed by atoms with E-state index in [0.29, 0.717) is 5.92 Å². The Morgan fingerprint density at radius 2 is 0.943 bits per heavy atom. The third-order valence-corrected chi connectivity index (χ3v) is 11.3. The molecule has 1 atom stereocenters. The number of rotatable bonds is 24. The van der Waals surface area contributed by atoms with E-state index in [9.17, 15) is 0 Å². The van der Waals surface area contributed by atoms with Crippen LogP contribution in [-0.2, 0) is 18.3 Å². The zero-order valence-corrected chi connectivity index (χ0v) is 26.6. The summed E-state index contributed by atoms with van der Waals surface area (Å²) in [6, 6.07) is 2.30. The van der Waals surface area contributed by atoms with Crippen molar-refractivity contribution in [2.45, 2.75) is 162 Å². The second-order valence-electron chi connectivity index (χ2n) is 10.2. The third-order valence-electron chi connectivity index (χ3n) is 7.57. The van der Waals surface area contributed by atoms with Crippen LogP contribution in [0.25, 0.3) is 0 Å². The fraction of sp³-hybridized carbons (Fsp3) is 1.00. The molecule has 0 radical (unpaired) electrons. The van der Waals surface area contributed by atoms with Gasteiger partial charge in [-0.25, -0.2) is 0 Å². The van der Waals surface area contributed by atoms with Gasteiger partial charge in [-0.05, 0) is 31.4 Å². The summed E-state index contributed by atoms with van der Waals surface area (Å²) >= 11 is 0. The Bertz CT molecular complexity index is 401. The fourth-order valence-corrected chi connectivity index (χ4v) is 7.98. The predicted molar refractivity (Wildman–Crippen MR) is 156 cm³/mol. The molecule has 35 heavy (non-hydrogen) atoms. The van der Waals surface area contributed by atoms with Gasteiger partial charge in [0.2, 0.25) is 0 Å². The number of unbranched alkanes of at least 4 members (excludes halogenated alkanes) is 9. The summed E-state index contributed by atoms with van der Waals surface area (Å²) in [5.74, 6) is 0.189. The average molecular weight is 519 g/mol. The highest BCUT2D eigenvalue weighted by molar-refractivity contribution is 6.67. The van der Waals surface area contributed by atoms with Gasteiger partial charge in [-0.15, -0.1) is 0 Å². The van der Waals surface area contributed by atoms with E-state index in [1.165, 1.54) is 103 Å². The summed E-state index contributed by atoms with van der Waals surface area (Å²) in [4.78, 5) is 0. The van der Waals surface area contributed by atoms with Gasteiger partial charge < -0.3 is 18.3 Å². The highest BCUT2D eigenvalue weighted by Crippen LogP contribution is 2.36. The quantitative estimate of drug-likeness (QED) is 0.0723. The minimum absolute atomic E-state index is 0.353. The van der Waals surface area contributed by atoms with Crippen molar-refractivity contribution >= 4 is 8.56 Å². The van der Waals surface area contributed by atoms with Crippen LogP contribution in [0, 0.1) is 5.92 Å². The van der Waals surface area contributed by atoms with E-state index in [0.717, 1.165) is 18.5 Å². The summed E-state index contributed by atoms with van der Waals surface area (Å²) in [6.45, 7) is 11.2. The predicted octanol–water partition coefficient (Wildman–Crippen LogP) is 10.0. The monoisotopic (exact) mass is 518 g/mol. The standard InChI is InChI=1S/C20H42O2.C10H24O2Si/c1-6-9-12-13-14-15-17-19(16-10-7-2)20(21-4,22-5)18-11-8-3;1-5-7-9-13(11-3,12-4)10-8-6-2/h19H,6-18H2,1-5H3;5-10H2,1-4H3. The Morgan fingerprint density at radius 3 is 1.37 bits per heavy atom. The Labute approximate surface area is 222 Å². The van der Waals surface area contributed by atoms with Gasteiger partial charge in [0.15, 0.2) is 5.79 Å². The maximum atomic E-state index is 5.92. The van der Waals surface area contributed by atoms with Crippen LogP contribution < -0.4 is 0 Å². The summed E-state index contributed by atoms with van der Waals surface area (Å²) in [7, 11) is 5.49. The van der Waals surface area contributed by atoms with Gasteiger partial charge in [0.25, 0.3) is 0 Å². The molecule has 0 rings (SSSR count). The maximum absolute atomic E-state index is 5.92. The lowest BCUT2D eigenvalue weighted by Gasteiger charge is -2.39. The average Bonchev–Trinajstić information content (AvgIpc) is 2.90. The Morgan fingerprint density at radius 1 is 0.514 bits per heavy atom. The molecular weight excluding hydrogens is 452 g/mol. The van der Waals surface area contributed by atoms with Crippen molar-refractivity contribution in [3.8, 4) is 0 Å². The van der Waals surface area contributed by atoms with Crippen molar-refractivity contribution in [1.29, 1.82) is 0 Å². The van der Waals surface area contributed by atoms with E-state index < -0.39 is 8.56 Å². The number of ether oxygens (including phenoxy) is 2. The first-order chi connectivity index (χ1) is 16.9. The highest BCUT2D eigenvalue weighted by atomic mass is 28.4. The normalized spacial score (nSPS) is 12.9. The molecule has 0 spiro atoms. The highest BCUT2D eigenvalue weighted by Gasteiger charge is 2.37. The number of hydrogen-bond acceptors (Lipinski definition) is 4. The molecule has 0 aliphatic carbocycles. The summed E-state index contributed by atoms with van der Waals surface area (Å²) in [5.41, 5.74) is 0. The molecule has 0 aromatic heterocycles. The molecule has 214 valence electrons. The SMILES string of the molecule is CCCCCCCCC(CCCC)C(CCCC)(OC)OC.CCCC[Si](CCCC)(OC)OC. The first-order valence-electron chi connectivity index (χ1n) is 15.2. The zero-order chi connectivity index (χ0) is 26.8. The Balaban J connectivity index is 0. The van der Waals surface area contributed by atoms with Crippen molar-refractivity contribution in [3.63, 3.8) is 0 Å². The third kappa shape index (κ3) is 17.2. The van der Waals surface area contributed by atoms with Gasteiger partial charge in [-0.1, -0.05) is 118 Å². The summed E-state index contributed by atoms with van der Waals surface area (Å²) in [6.07, 6.45) is 21.5. The topological polar surface area (TPSA) is 36.9 Å². The smallest absolute Gasteiger partial charge is 0.337 e. The van der Waals surface area contributed by atoms with Crippen LogP contribution in [0.4, 0.5) is 0 Å². The van der Waals surface area contributed by atoms with Crippen molar-refractivity contribution < 1.29 is 18.3 Å². The second kappa shape index (κ2) is 25.7. The largest absolute Gasteiger partial charge is 0.398 e.